The average Bonchev–Trinajstić information content (AvgIpc) is 2.85. The Labute approximate surface area is 225 Å². The van der Waals surface area contributed by atoms with E-state index in [-0.39, 0.29) is 32.2 Å². The average molecular weight is 564 g/mol. The zero-order valence-electron chi connectivity index (χ0n) is 22.3. The van der Waals surface area contributed by atoms with Crippen molar-refractivity contribution in [1.29, 1.82) is 0 Å². The molecule has 1 saturated carbocycles. The summed E-state index contributed by atoms with van der Waals surface area (Å²) in [6, 6.07) is 0. The molecule has 1 fully saturated rings. The molecular formula is C26H46NO10P. The number of hydrogen-bond acceptors (Lipinski definition) is 9. The van der Waals surface area contributed by atoms with E-state index in [9.17, 15) is 39.6 Å². The number of aliphatic hydroxyl groups excluding tert-OH is 3. The summed E-state index contributed by atoms with van der Waals surface area (Å²) in [5, 5.41) is 42.8. The maximum absolute atomic E-state index is 11.7. The summed E-state index contributed by atoms with van der Waals surface area (Å²) in [5.41, 5.74) is 3.57. The number of methoxy groups -OCH3 is 1. The van der Waals surface area contributed by atoms with E-state index >= 15 is 0 Å². The van der Waals surface area contributed by atoms with Crippen LogP contribution in [0, 0.1) is 11.8 Å². The minimum Gasteiger partial charge on any atom is -0.469 e. The van der Waals surface area contributed by atoms with Crippen molar-refractivity contribution in [3.05, 3.63) is 36.5 Å². The zero-order valence-corrected chi connectivity index (χ0v) is 23.2. The molecule has 0 aromatic rings. The lowest BCUT2D eigenvalue weighted by Crippen LogP contribution is -2.45. The van der Waals surface area contributed by atoms with Crippen LogP contribution in [-0.4, -0.2) is 79.9 Å². The maximum Gasteiger partial charge on any atom is 0.469 e. The van der Waals surface area contributed by atoms with E-state index in [1.807, 2.05) is 6.08 Å². The smallest absolute Gasteiger partial charge is 0.469 e. The standard InChI is InChI=1S/C26H46NO10P/c1-3-21(23(30)18-25(31)36-2)22(29)13-14-26(32,15-16-27)24(37-38(33,34)35)17-20(28)12-8-7-11-19-9-5-4-6-10-19/h7-8,11-14,19-24,28-30,32H,3-6,9-10,15-18,27H2,1-2H3,(H2,33,34,35)/b11-7-,12-8-,14-13+/t20-,21+,22-,23?,24+,26-/m0/s1. The second-order valence-electron chi connectivity index (χ2n) is 9.85. The molecule has 0 heterocycles. The van der Waals surface area contributed by atoms with Crippen molar-refractivity contribution in [3.63, 3.8) is 0 Å². The van der Waals surface area contributed by atoms with E-state index in [2.05, 4.69) is 10.8 Å². The first-order chi connectivity index (χ1) is 17.8. The SMILES string of the molecule is CC[C@@H](C(O)CC(=O)OC)[C@@H](O)/C=C/[C@](O)(CCN)[C@@H](C[C@@H](O)/C=C\C=C/C1CCCCC1)OP(=O)(O)O. The first-order valence-electron chi connectivity index (χ1n) is 13.2. The number of esters is 1. The number of ether oxygens (including phenoxy) is 1. The lowest BCUT2D eigenvalue weighted by molar-refractivity contribution is -0.144. The van der Waals surface area contributed by atoms with Gasteiger partial charge in [-0.3, -0.25) is 9.32 Å². The molecule has 1 unspecified atom stereocenters. The first-order valence-corrected chi connectivity index (χ1v) is 14.7. The van der Waals surface area contributed by atoms with E-state index in [0.29, 0.717) is 5.92 Å². The number of allylic oxidation sites excluding steroid dienone is 3. The Balaban J connectivity index is 3.05. The van der Waals surface area contributed by atoms with Crippen molar-refractivity contribution in [1.82, 2.24) is 0 Å². The maximum atomic E-state index is 11.7. The summed E-state index contributed by atoms with van der Waals surface area (Å²) >= 11 is 0. The lowest BCUT2D eigenvalue weighted by Gasteiger charge is -2.35. The second kappa shape index (κ2) is 17.3. The highest BCUT2D eigenvalue weighted by molar-refractivity contribution is 7.46. The quantitative estimate of drug-likeness (QED) is 0.0589. The molecule has 0 aliphatic heterocycles. The van der Waals surface area contributed by atoms with Crippen molar-refractivity contribution in [2.24, 2.45) is 17.6 Å². The number of phosphoric acid groups is 1. The molecule has 1 rings (SSSR count). The molecule has 6 atom stereocenters. The lowest BCUT2D eigenvalue weighted by atomic mass is 9.86. The van der Waals surface area contributed by atoms with Crippen LogP contribution in [0.4, 0.5) is 0 Å². The van der Waals surface area contributed by atoms with Crippen molar-refractivity contribution in [3.8, 4) is 0 Å². The monoisotopic (exact) mass is 563 g/mol. The number of hydrogen-bond donors (Lipinski definition) is 7. The Morgan fingerprint density at radius 2 is 1.79 bits per heavy atom. The van der Waals surface area contributed by atoms with Crippen LogP contribution in [0.25, 0.3) is 0 Å². The van der Waals surface area contributed by atoms with Gasteiger partial charge in [-0.25, -0.2) is 4.57 Å². The van der Waals surface area contributed by atoms with E-state index in [1.165, 1.54) is 32.4 Å². The van der Waals surface area contributed by atoms with Crippen LogP contribution in [0.2, 0.25) is 0 Å². The fourth-order valence-corrected chi connectivity index (χ4v) is 5.28. The highest BCUT2D eigenvalue weighted by atomic mass is 31.2. The van der Waals surface area contributed by atoms with Gasteiger partial charge in [0.2, 0.25) is 0 Å². The summed E-state index contributed by atoms with van der Waals surface area (Å²) in [5.74, 6) is -0.962. The number of carbonyl (C=O) groups excluding carboxylic acids is 1. The Morgan fingerprint density at radius 1 is 1.13 bits per heavy atom. The predicted molar refractivity (Wildman–Crippen MR) is 143 cm³/mol. The molecule has 1 aliphatic carbocycles. The van der Waals surface area contributed by atoms with Gasteiger partial charge in [-0.1, -0.05) is 62.6 Å². The van der Waals surface area contributed by atoms with Gasteiger partial charge in [-0.2, -0.15) is 0 Å². The van der Waals surface area contributed by atoms with Gasteiger partial charge in [-0.05, 0) is 38.1 Å². The Kier molecular flexibility index (Phi) is 15.8. The third-order valence-corrected chi connectivity index (χ3v) is 7.42. The molecule has 0 aromatic carbocycles. The van der Waals surface area contributed by atoms with Gasteiger partial charge >= 0.3 is 13.8 Å². The summed E-state index contributed by atoms with van der Waals surface area (Å²) < 4.78 is 21.1. The van der Waals surface area contributed by atoms with Gasteiger partial charge < -0.3 is 40.7 Å². The third-order valence-electron chi connectivity index (χ3n) is 6.89. The fraction of sp³-hybridized carbons (Fsp3) is 0.731. The minimum absolute atomic E-state index is 0.101. The van der Waals surface area contributed by atoms with E-state index in [1.54, 1.807) is 13.0 Å². The highest BCUT2D eigenvalue weighted by Crippen LogP contribution is 2.42. The van der Waals surface area contributed by atoms with Crippen LogP contribution >= 0.6 is 7.82 Å². The molecule has 0 saturated heterocycles. The van der Waals surface area contributed by atoms with Crippen molar-refractivity contribution >= 4 is 13.8 Å². The topological polar surface area (TPSA) is 200 Å². The van der Waals surface area contributed by atoms with E-state index in [4.69, 9.17) is 10.3 Å². The van der Waals surface area contributed by atoms with Crippen molar-refractivity contribution < 1.29 is 48.8 Å². The molecule has 0 aromatic heterocycles. The zero-order chi connectivity index (χ0) is 28.8. The van der Waals surface area contributed by atoms with Gasteiger partial charge in [-0.15, -0.1) is 0 Å². The van der Waals surface area contributed by atoms with Gasteiger partial charge in [0.05, 0.1) is 31.8 Å². The molecule has 0 radical (unpaired) electrons. The van der Waals surface area contributed by atoms with Crippen LogP contribution < -0.4 is 5.73 Å². The molecular weight excluding hydrogens is 517 g/mol. The summed E-state index contributed by atoms with van der Waals surface area (Å²) in [4.78, 5) is 30.4. The number of aliphatic hydroxyl groups is 4. The molecule has 1 aliphatic rings. The van der Waals surface area contributed by atoms with Crippen LogP contribution in [0.3, 0.4) is 0 Å². The molecule has 8 N–H and O–H groups in total. The molecule has 0 bridgehead atoms. The summed E-state index contributed by atoms with van der Waals surface area (Å²) in [6.07, 6.45) is 9.10. The molecule has 11 nitrogen and oxygen atoms in total. The van der Waals surface area contributed by atoms with Crippen LogP contribution in [0.15, 0.2) is 36.5 Å². The van der Waals surface area contributed by atoms with E-state index < -0.39 is 49.7 Å². The van der Waals surface area contributed by atoms with Crippen molar-refractivity contribution in [2.45, 2.75) is 94.7 Å². The number of nitrogens with two attached hydrogens (primary N) is 1. The van der Waals surface area contributed by atoms with Gasteiger partial charge in [0.25, 0.3) is 0 Å². The number of carbonyl (C=O) groups is 1. The third kappa shape index (κ3) is 13.1. The molecule has 12 heteroatoms. The highest BCUT2D eigenvalue weighted by Gasteiger charge is 2.40. The molecule has 0 spiro atoms. The predicted octanol–water partition coefficient (Wildman–Crippen LogP) is 1.86. The van der Waals surface area contributed by atoms with Crippen molar-refractivity contribution in [2.75, 3.05) is 13.7 Å². The van der Waals surface area contributed by atoms with Gasteiger partial charge in [0.1, 0.15) is 11.7 Å². The number of rotatable bonds is 17. The first kappa shape index (κ1) is 34.6. The van der Waals surface area contributed by atoms with Crippen LogP contribution in [0.1, 0.15) is 64.7 Å². The second-order valence-corrected chi connectivity index (χ2v) is 11.0. The van der Waals surface area contributed by atoms with Crippen LogP contribution in [-0.2, 0) is 18.6 Å². The summed E-state index contributed by atoms with van der Waals surface area (Å²) in [7, 11) is -3.92. The number of phosphoric ester groups is 1. The van der Waals surface area contributed by atoms with Gasteiger partial charge in [0, 0.05) is 12.3 Å². The molecule has 38 heavy (non-hydrogen) atoms. The Bertz CT molecular complexity index is 823. The summed E-state index contributed by atoms with van der Waals surface area (Å²) in [6.45, 7) is 1.59. The Morgan fingerprint density at radius 3 is 2.34 bits per heavy atom. The largest absolute Gasteiger partial charge is 0.469 e. The van der Waals surface area contributed by atoms with E-state index in [0.717, 1.165) is 25.0 Å². The molecule has 220 valence electrons. The molecule has 0 amide bonds. The van der Waals surface area contributed by atoms with Crippen LogP contribution in [0.5, 0.6) is 0 Å². The minimum atomic E-state index is -5.09. The normalized spacial score (nSPS) is 21.4. The Hall–Kier alpha value is -1.40. The van der Waals surface area contributed by atoms with Gasteiger partial charge in [0.15, 0.2) is 0 Å². The fourth-order valence-electron chi connectivity index (χ4n) is 4.68.